The maximum Gasteiger partial charge on any atom is 0.206 e. The van der Waals surface area contributed by atoms with Crippen molar-refractivity contribution in [3.8, 4) is 0 Å². The van der Waals surface area contributed by atoms with Crippen molar-refractivity contribution in [3.63, 3.8) is 0 Å². The summed E-state index contributed by atoms with van der Waals surface area (Å²) in [5, 5.41) is 2.55. The van der Waals surface area contributed by atoms with E-state index in [9.17, 15) is 0 Å². The van der Waals surface area contributed by atoms with Crippen molar-refractivity contribution in [2.24, 2.45) is 5.41 Å². The summed E-state index contributed by atoms with van der Waals surface area (Å²) < 4.78 is 2.39. The van der Waals surface area contributed by atoms with E-state index in [1.807, 2.05) is 0 Å². The molecule has 0 fully saturated rings. The Hall–Kier alpha value is -2.41. The van der Waals surface area contributed by atoms with Gasteiger partial charge in [-0.15, -0.1) is 0 Å². The standard InChI is InChI=1S/C25H30N/c1-24(2,3)23(19-12-8-7-9-13-19)17-22-16-20-14-10-11-15-21(20)18-26(22)25(4,5)6/h7-18H,1-6H3/q+1/b23-17-. The fraction of sp³-hybridized carbons (Fsp3) is 0.320. The smallest absolute Gasteiger partial charge is 0.194 e. The first-order valence-corrected chi connectivity index (χ1v) is 9.39. The van der Waals surface area contributed by atoms with Crippen molar-refractivity contribution in [1.29, 1.82) is 0 Å². The Kier molecular flexibility index (Phi) is 4.75. The van der Waals surface area contributed by atoms with Crippen molar-refractivity contribution in [2.75, 3.05) is 0 Å². The van der Waals surface area contributed by atoms with Crippen molar-refractivity contribution in [1.82, 2.24) is 0 Å². The van der Waals surface area contributed by atoms with Crippen LogP contribution in [0, 0.1) is 5.41 Å². The predicted molar refractivity (Wildman–Crippen MR) is 113 cm³/mol. The Bertz CT molecular complexity index is 935. The molecule has 1 heterocycles. The average Bonchev–Trinajstić information content (AvgIpc) is 2.58. The van der Waals surface area contributed by atoms with Crippen LogP contribution < -0.4 is 4.57 Å². The van der Waals surface area contributed by atoms with E-state index < -0.39 is 0 Å². The molecule has 3 aromatic rings. The first kappa shape index (κ1) is 18.4. The molecule has 0 N–H and O–H groups in total. The van der Waals surface area contributed by atoms with Gasteiger partial charge in [-0.3, -0.25) is 0 Å². The molecule has 0 atom stereocenters. The summed E-state index contributed by atoms with van der Waals surface area (Å²) >= 11 is 0. The van der Waals surface area contributed by atoms with Crippen LogP contribution in [0.3, 0.4) is 0 Å². The molecule has 0 radical (unpaired) electrons. The second-order valence-electron chi connectivity index (χ2n) is 9.04. The monoisotopic (exact) mass is 344 g/mol. The van der Waals surface area contributed by atoms with Crippen LogP contribution in [0.1, 0.15) is 52.8 Å². The van der Waals surface area contributed by atoms with Crippen molar-refractivity contribution in [3.05, 3.63) is 78.1 Å². The highest BCUT2D eigenvalue weighted by molar-refractivity contribution is 5.86. The molecule has 0 spiro atoms. The van der Waals surface area contributed by atoms with E-state index in [1.54, 1.807) is 0 Å². The molecule has 0 aliphatic heterocycles. The number of fused-ring (bicyclic) bond motifs is 1. The number of nitrogens with zero attached hydrogens (tertiary/aromatic N) is 1. The lowest BCUT2D eigenvalue weighted by Gasteiger charge is -2.24. The van der Waals surface area contributed by atoms with E-state index in [-0.39, 0.29) is 11.0 Å². The minimum Gasteiger partial charge on any atom is -0.194 e. The van der Waals surface area contributed by atoms with Crippen molar-refractivity contribution >= 4 is 22.4 Å². The summed E-state index contributed by atoms with van der Waals surface area (Å²) in [5.41, 5.74) is 3.95. The topological polar surface area (TPSA) is 3.88 Å². The maximum atomic E-state index is 2.39. The van der Waals surface area contributed by atoms with E-state index in [2.05, 4.69) is 119 Å². The van der Waals surface area contributed by atoms with Gasteiger partial charge in [-0.1, -0.05) is 69.3 Å². The lowest BCUT2D eigenvalue weighted by molar-refractivity contribution is -0.754. The molecule has 1 aromatic heterocycles. The van der Waals surface area contributed by atoms with Crippen LogP contribution in [0.2, 0.25) is 0 Å². The maximum absolute atomic E-state index is 2.39. The normalized spacial score (nSPS) is 13.2. The molecular formula is C25H30N+. The van der Waals surface area contributed by atoms with Crippen molar-refractivity contribution < 1.29 is 4.57 Å². The number of hydrogen-bond acceptors (Lipinski definition) is 0. The SMILES string of the molecule is CC(C)(C)/C(=C\c1cc2ccccc2c[n+]1C(C)(C)C)c1ccccc1. The van der Waals surface area contributed by atoms with Gasteiger partial charge in [0.2, 0.25) is 5.69 Å². The number of pyridine rings is 1. The van der Waals surface area contributed by atoms with Crippen molar-refractivity contribution in [2.45, 2.75) is 47.1 Å². The van der Waals surface area contributed by atoms with Crippen LogP contribution in [-0.2, 0) is 5.54 Å². The molecule has 0 saturated heterocycles. The quantitative estimate of drug-likeness (QED) is 0.469. The van der Waals surface area contributed by atoms with Gasteiger partial charge in [0.1, 0.15) is 0 Å². The van der Waals surface area contributed by atoms with E-state index in [0.29, 0.717) is 0 Å². The van der Waals surface area contributed by atoms with Gasteiger partial charge in [0.05, 0.1) is 0 Å². The summed E-state index contributed by atoms with van der Waals surface area (Å²) in [7, 11) is 0. The van der Waals surface area contributed by atoms with E-state index in [4.69, 9.17) is 0 Å². The number of hydrogen-bond donors (Lipinski definition) is 0. The molecule has 0 bridgehead atoms. The molecule has 0 aliphatic carbocycles. The average molecular weight is 345 g/mol. The molecule has 0 aliphatic rings. The summed E-state index contributed by atoms with van der Waals surface area (Å²) in [6.07, 6.45) is 4.65. The molecule has 134 valence electrons. The predicted octanol–water partition coefficient (Wildman–Crippen LogP) is 6.47. The minimum absolute atomic E-state index is 0.00947. The lowest BCUT2D eigenvalue weighted by atomic mass is 9.81. The van der Waals surface area contributed by atoms with E-state index in [0.717, 1.165) is 0 Å². The minimum atomic E-state index is 0.00947. The van der Waals surface area contributed by atoms with Gasteiger partial charge in [0, 0.05) is 38.3 Å². The third-order valence-electron chi connectivity index (χ3n) is 4.75. The Balaban J connectivity index is 2.29. The molecule has 1 heteroatoms. The third-order valence-corrected chi connectivity index (χ3v) is 4.75. The Morgan fingerprint density at radius 1 is 0.769 bits per heavy atom. The molecule has 0 amide bonds. The zero-order valence-electron chi connectivity index (χ0n) is 16.9. The fourth-order valence-electron chi connectivity index (χ4n) is 3.39. The van der Waals surface area contributed by atoms with Gasteiger partial charge in [0.15, 0.2) is 11.7 Å². The van der Waals surface area contributed by atoms with Gasteiger partial charge in [-0.05, 0) is 28.0 Å². The van der Waals surface area contributed by atoms with Crippen LogP contribution >= 0.6 is 0 Å². The number of benzene rings is 2. The molecule has 2 aromatic carbocycles. The first-order valence-electron chi connectivity index (χ1n) is 9.39. The van der Waals surface area contributed by atoms with E-state index in [1.165, 1.54) is 27.6 Å². The summed E-state index contributed by atoms with van der Waals surface area (Å²) in [6, 6.07) is 21.6. The van der Waals surface area contributed by atoms with Crippen LogP contribution in [0.25, 0.3) is 22.4 Å². The van der Waals surface area contributed by atoms with Gasteiger partial charge in [-0.2, -0.15) is 4.57 Å². The van der Waals surface area contributed by atoms with Crippen LogP contribution in [-0.4, -0.2) is 0 Å². The molecule has 1 nitrogen and oxygen atoms in total. The Labute approximate surface area is 158 Å². The van der Waals surface area contributed by atoms with Gasteiger partial charge in [-0.25, -0.2) is 0 Å². The highest BCUT2D eigenvalue weighted by Gasteiger charge is 2.27. The number of rotatable bonds is 2. The highest BCUT2D eigenvalue weighted by Crippen LogP contribution is 2.35. The van der Waals surface area contributed by atoms with Gasteiger partial charge < -0.3 is 0 Å². The van der Waals surface area contributed by atoms with Crippen LogP contribution in [0.5, 0.6) is 0 Å². The fourth-order valence-corrected chi connectivity index (χ4v) is 3.39. The molecular weight excluding hydrogens is 314 g/mol. The Morgan fingerprint density at radius 2 is 1.35 bits per heavy atom. The van der Waals surface area contributed by atoms with Crippen LogP contribution in [0.15, 0.2) is 66.9 Å². The molecule has 3 rings (SSSR count). The number of aromatic nitrogens is 1. The molecule has 26 heavy (non-hydrogen) atoms. The number of allylic oxidation sites excluding steroid dienone is 1. The second kappa shape index (κ2) is 6.72. The zero-order chi connectivity index (χ0) is 18.9. The largest absolute Gasteiger partial charge is 0.206 e. The first-order chi connectivity index (χ1) is 12.2. The molecule has 0 unspecified atom stereocenters. The third kappa shape index (κ3) is 3.88. The summed E-state index contributed by atoms with van der Waals surface area (Å²) in [5.74, 6) is 0. The summed E-state index contributed by atoms with van der Waals surface area (Å²) in [6.45, 7) is 13.6. The Morgan fingerprint density at radius 3 is 1.92 bits per heavy atom. The summed E-state index contributed by atoms with van der Waals surface area (Å²) in [4.78, 5) is 0. The lowest BCUT2D eigenvalue weighted by Crippen LogP contribution is -2.52. The zero-order valence-corrected chi connectivity index (χ0v) is 16.9. The van der Waals surface area contributed by atoms with Crippen LogP contribution in [0.4, 0.5) is 0 Å². The second-order valence-corrected chi connectivity index (χ2v) is 9.04. The van der Waals surface area contributed by atoms with E-state index >= 15 is 0 Å². The van der Waals surface area contributed by atoms with Gasteiger partial charge >= 0.3 is 0 Å². The highest BCUT2D eigenvalue weighted by atomic mass is 15.0. The molecule has 0 saturated carbocycles. The van der Waals surface area contributed by atoms with Gasteiger partial charge in [0.25, 0.3) is 0 Å².